The number of azo groups is 1. The Kier molecular flexibility index (Phi) is 14.8. The van der Waals surface area contributed by atoms with Gasteiger partial charge in [-0.25, -0.2) is 0 Å². The van der Waals surface area contributed by atoms with Gasteiger partial charge in [-0.15, -0.1) is 0 Å². The van der Waals surface area contributed by atoms with E-state index in [0.717, 1.165) is 32.2 Å². The fraction of sp³-hybridized carbons (Fsp3) is 0.941. The largest absolute Gasteiger partial charge is 0.466 e. The highest BCUT2D eigenvalue weighted by molar-refractivity contribution is 5.69. The molecule has 0 amide bonds. The third-order valence-corrected chi connectivity index (χ3v) is 3.45. The van der Waals surface area contributed by atoms with E-state index in [1.807, 2.05) is 6.92 Å². The third-order valence-electron chi connectivity index (χ3n) is 3.45. The lowest BCUT2D eigenvalue weighted by atomic mass is 10.1. The molecule has 0 rings (SSSR count). The van der Waals surface area contributed by atoms with E-state index in [1.165, 1.54) is 32.1 Å². The summed E-state index contributed by atoms with van der Waals surface area (Å²) in [5, 5.41) is 8.59. The van der Waals surface area contributed by atoms with E-state index in [1.54, 1.807) is 0 Å². The molecule has 0 bridgehead atoms. The molecule has 0 fully saturated rings. The average Bonchev–Trinajstić information content (AvgIpc) is 2.47. The zero-order chi connectivity index (χ0) is 15.8. The first-order chi connectivity index (χ1) is 10.2. The van der Waals surface area contributed by atoms with Crippen molar-refractivity contribution in [3.05, 3.63) is 0 Å². The summed E-state index contributed by atoms with van der Waals surface area (Å²) in [6, 6.07) is 0.271. The van der Waals surface area contributed by atoms with Crippen LogP contribution in [0.3, 0.4) is 0 Å². The van der Waals surface area contributed by atoms with Crippen molar-refractivity contribution >= 4 is 5.97 Å². The molecule has 0 heterocycles. The molecule has 0 aromatic carbocycles. The molecule has 0 saturated heterocycles. The second kappa shape index (κ2) is 15.5. The number of carbonyl (C=O) groups excluding carboxylic acids is 1. The molecular formula is C17H34N2O2. The summed E-state index contributed by atoms with van der Waals surface area (Å²) in [4.78, 5) is 11.2. The molecule has 0 saturated carbocycles. The van der Waals surface area contributed by atoms with Crippen molar-refractivity contribution in [1.82, 2.24) is 0 Å². The van der Waals surface area contributed by atoms with Crippen LogP contribution in [0.25, 0.3) is 0 Å². The first-order valence-corrected chi connectivity index (χ1v) is 8.72. The van der Waals surface area contributed by atoms with Crippen molar-refractivity contribution in [2.75, 3.05) is 13.2 Å². The van der Waals surface area contributed by atoms with E-state index in [9.17, 15) is 4.79 Å². The summed E-state index contributed by atoms with van der Waals surface area (Å²) in [6.07, 6.45) is 11.2. The van der Waals surface area contributed by atoms with Crippen LogP contribution in [0.2, 0.25) is 0 Å². The summed E-state index contributed by atoms with van der Waals surface area (Å²) in [7, 11) is 0. The zero-order valence-electron chi connectivity index (χ0n) is 14.3. The molecule has 0 aromatic rings. The van der Waals surface area contributed by atoms with Crippen molar-refractivity contribution < 1.29 is 9.53 Å². The van der Waals surface area contributed by atoms with E-state index < -0.39 is 0 Å². The third kappa shape index (κ3) is 15.3. The Morgan fingerprint density at radius 2 is 1.71 bits per heavy atom. The van der Waals surface area contributed by atoms with Crippen LogP contribution in [0.4, 0.5) is 0 Å². The molecule has 124 valence electrons. The molecule has 0 aliphatic heterocycles. The Balaban J connectivity index is 3.37. The van der Waals surface area contributed by atoms with Crippen molar-refractivity contribution in [3.63, 3.8) is 0 Å². The minimum Gasteiger partial charge on any atom is -0.466 e. The first-order valence-electron chi connectivity index (χ1n) is 8.72. The number of carbonyl (C=O) groups is 1. The predicted octanol–water partition coefficient (Wildman–Crippen LogP) is 5.31. The molecule has 0 aliphatic rings. The lowest BCUT2D eigenvalue weighted by molar-refractivity contribution is -0.143. The fourth-order valence-electron chi connectivity index (χ4n) is 2.16. The average molecular weight is 298 g/mol. The van der Waals surface area contributed by atoms with Crippen LogP contribution in [-0.2, 0) is 9.53 Å². The van der Waals surface area contributed by atoms with Crippen LogP contribution >= 0.6 is 0 Å². The Bertz CT molecular complexity index is 268. The van der Waals surface area contributed by atoms with Crippen molar-refractivity contribution in [3.8, 4) is 0 Å². The van der Waals surface area contributed by atoms with Crippen molar-refractivity contribution in [1.29, 1.82) is 0 Å². The van der Waals surface area contributed by atoms with Gasteiger partial charge in [0.1, 0.15) is 0 Å². The van der Waals surface area contributed by atoms with Gasteiger partial charge in [-0.3, -0.25) is 4.79 Å². The van der Waals surface area contributed by atoms with Crippen LogP contribution in [0.5, 0.6) is 0 Å². The highest BCUT2D eigenvalue weighted by atomic mass is 16.5. The zero-order valence-corrected chi connectivity index (χ0v) is 14.3. The van der Waals surface area contributed by atoms with Gasteiger partial charge in [0.2, 0.25) is 0 Å². The minimum atomic E-state index is -0.0881. The maximum absolute atomic E-state index is 11.2. The normalized spacial score (nSPS) is 12.7. The van der Waals surface area contributed by atoms with Crippen LogP contribution in [0, 0.1) is 0 Å². The van der Waals surface area contributed by atoms with Crippen LogP contribution < -0.4 is 0 Å². The number of hydrogen-bond donors (Lipinski definition) is 0. The standard InChI is InChI=1S/C17H34N2O2/c1-4-6-7-8-9-12-15-18-19-16(3)13-10-11-14-17(20)21-5-2/h16H,4-15H2,1-3H3/t16-/m1/s1. The van der Waals surface area contributed by atoms with E-state index in [2.05, 4.69) is 24.1 Å². The molecule has 0 aromatic heterocycles. The van der Waals surface area contributed by atoms with Crippen LogP contribution in [0.15, 0.2) is 10.2 Å². The van der Waals surface area contributed by atoms with Crippen molar-refractivity contribution in [2.45, 2.75) is 91.0 Å². The van der Waals surface area contributed by atoms with Gasteiger partial charge < -0.3 is 4.74 Å². The van der Waals surface area contributed by atoms with Crippen LogP contribution in [-0.4, -0.2) is 25.2 Å². The molecule has 0 radical (unpaired) electrons. The topological polar surface area (TPSA) is 51.0 Å². The van der Waals surface area contributed by atoms with E-state index in [-0.39, 0.29) is 12.0 Å². The summed E-state index contributed by atoms with van der Waals surface area (Å²) >= 11 is 0. The quantitative estimate of drug-likeness (QED) is 0.248. The van der Waals surface area contributed by atoms with Gasteiger partial charge in [0.05, 0.1) is 19.2 Å². The molecule has 1 atom stereocenters. The van der Waals surface area contributed by atoms with Gasteiger partial charge in [0.25, 0.3) is 0 Å². The molecular weight excluding hydrogens is 264 g/mol. The lowest BCUT2D eigenvalue weighted by Gasteiger charge is -2.05. The molecule has 4 heteroatoms. The lowest BCUT2D eigenvalue weighted by Crippen LogP contribution is -2.04. The highest BCUT2D eigenvalue weighted by Crippen LogP contribution is 2.08. The maximum Gasteiger partial charge on any atom is 0.305 e. The summed E-state index contributed by atoms with van der Waals surface area (Å²) in [5.41, 5.74) is 0. The second-order valence-electron chi connectivity index (χ2n) is 5.65. The van der Waals surface area contributed by atoms with Gasteiger partial charge in [-0.2, -0.15) is 10.2 Å². The molecule has 21 heavy (non-hydrogen) atoms. The summed E-state index contributed by atoms with van der Waals surface area (Å²) in [6.45, 7) is 7.50. The SMILES string of the molecule is CCCCCCCCN=N[C@H](C)CCCCC(=O)OCC. The predicted molar refractivity (Wildman–Crippen MR) is 87.7 cm³/mol. The van der Waals surface area contributed by atoms with Crippen molar-refractivity contribution in [2.24, 2.45) is 10.2 Å². The molecule has 0 aliphatic carbocycles. The summed E-state index contributed by atoms with van der Waals surface area (Å²) in [5.74, 6) is -0.0881. The smallest absolute Gasteiger partial charge is 0.305 e. The second-order valence-corrected chi connectivity index (χ2v) is 5.65. The minimum absolute atomic E-state index is 0.0881. The van der Waals surface area contributed by atoms with Gasteiger partial charge >= 0.3 is 5.97 Å². The molecule has 0 N–H and O–H groups in total. The van der Waals surface area contributed by atoms with Crippen LogP contribution in [0.1, 0.15) is 85.0 Å². The number of hydrogen-bond acceptors (Lipinski definition) is 4. The van der Waals surface area contributed by atoms with Gasteiger partial charge in [0.15, 0.2) is 0 Å². The Labute approximate surface area is 130 Å². The van der Waals surface area contributed by atoms with E-state index in [4.69, 9.17) is 4.74 Å². The Morgan fingerprint density at radius 3 is 2.43 bits per heavy atom. The number of unbranched alkanes of at least 4 members (excludes halogenated alkanes) is 6. The highest BCUT2D eigenvalue weighted by Gasteiger charge is 2.03. The van der Waals surface area contributed by atoms with Gasteiger partial charge in [0, 0.05) is 6.42 Å². The molecule has 4 nitrogen and oxygen atoms in total. The molecule has 0 spiro atoms. The monoisotopic (exact) mass is 298 g/mol. The fourth-order valence-corrected chi connectivity index (χ4v) is 2.16. The number of esters is 1. The maximum atomic E-state index is 11.2. The van der Waals surface area contributed by atoms with Gasteiger partial charge in [-0.1, -0.05) is 45.4 Å². The Morgan fingerprint density at radius 1 is 1.00 bits per heavy atom. The van der Waals surface area contributed by atoms with E-state index in [0.29, 0.717) is 13.0 Å². The number of rotatable bonds is 14. The Hall–Kier alpha value is -0.930. The number of nitrogens with zero attached hydrogens (tertiary/aromatic N) is 2. The van der Waals surface area contributed by atoms with E-state index >= 15 is 0 Å². The first kappa shape index (κ1) is 20.1. The molecule has 0 unspecified atom stereocenters. The summed E-state index contributed by atoms with van der Waals surface area (Å²) < 4.78 is 4.89. The van der Waals surface area contributed by atoms with Gasteiger partial charge in [-0.05, 0) is 33.1 Å². The number of ether oxygens (including phenoxy) is 1.